The van der Waals surface area contributed by atoms with Crippen molar-refractivity contribution in [2.45, 2.75) is 13.8 Å². The van der Waals surface area contributed by atoms with Crippen molar-refractivity contribution < 1.29 is 4.74 Å². The second-order valence-corrected chi connectivity index (χ2v) is 5.38. The van der Waals surface area contributed by atoms with Gasteiger partial charge >= 0.3 is 0 Å². The number of nitrogen functional groups attached to an aromatic ring is 1. The molecule has 0 fully saturated rings. The predicted molar refractivity (Wildman–Crippen MR) is 83.7 cm³/mol. The van der Waals surface area contributed by atoms with Crippen molar-refractivity contribution in [1.82, 2.24) is 4.98 Å². The Labute approximate surface area is 123 Å². The van der Waals surface area contributed by atoms with Gasteiger partial charge in [0.1, 0.15) is 5.75 Å². The van der Waals surface area contributed by atoms with E-state index in [1.54, 1.807) is 12.3 Å². The highest BCUT2D eigenvalue weighted by molar-refractivity contribution is 6.30. The predicted octanol–water partition coefficient (Wildman–Crippen LogP) is 4.10. The molecular weight excluding hydrogens is 274 g/mol. The molecule has 0 bridgehead atoms. The van der Waals surface area contributed by atoms with Crippen LogP contribution in [0.2, 0.25) is 5.02 Å². The van der Waals surface area contributed by atoms with Crippen LogP contribution in [0.1, 0.15) is 13.8 Å². The first-order chi connectivity index (χ1) is 9.54. The van der Waals surface area contributed by atoms with Gasteiger partial charge in [-0.2, -0.15) is 0 Å². The van der Waals surface area contributed by atoms with Gasteiger partial charge in [0, 0.05) is 11.9 Å². The Hall–Kier alpha value is -1.94. The SMILES string of the molecule is CC(C)COc1ccc(Nc2ncc(Cl)cc2N)cc1. The second-order valence-electron chi connectivity index (χ2n) is 4.95. The number of nitrogens with two attached hydrogens (primary N) is 1. The molecule has 3 N–H and O–H groups in total. The van der Waals surface area contributed by atoms with Crippen LogP contribution >= 0.6 is 11.6 Å². The summed E-state index contributed by atoms with van der Waals surface area (Å²) in [5.74, 6) is 1.94. The fourth-order valence-corrected chi connectivity index (χ4v) is 1.76. The third-order valence-corrected chi connectivity index (χ3v) is 2.79. The first-order valence-corrected chi connectivity index (χ1v) is 6.83. The van der Waals surface area contributed by atoms with Gasteiger partial charge in [-0.05, 0) is 36.2 Å². The summed E-state index contributed by atoms with van der Waals surface area (Å²) in [7, 11) is 0. The first kappa shape index (κ1) is 14.5. The number of rotatable bonds is 5. The number of hydrogen-bond acceptors (Lipinski definition) is 4. The van der Waals surface area contributed by atoms with Crippen molar-refractivity contribution in [2.75, 3.05) is 17.7 Å². The Morgan fingerprint density at radius 2 is 2.00 bits per heavy atom. The van der Waals surface area contributed by atoms with Gasteiger partial charge in [-0.25, -0.2) is 4.98 Å². The van der Waals surface area contributed by atoms with Crippen molar-refractivity contribution in [3.8, 4) is 5.75 Å². The fraction of sp³-hybridized carbons (Fsp3) is 0.267. The number of aromatic nitrogens is 1. The van der Waals surface area contributed by atoms with Crippen LogP contribution in [0, 0.1) is 5.92 Å². The van der Waals surface area contributed by atoms with Gasteiger partial charge < -0.3 is 15.8 Å². The minimum atomic E-state index is 0.505. The zero-order valence-corrected chi connectivity index (χ0v) is 12.3. The topological polar surface area (TPSA) is 60.2 Å². The molecule has 0 atom stereocenters. The molecule has 1 aromatic carbocycles. The Morgan fingerprint density at radius 3 is 2.60 bits per heavy atom. The van der Waals surface area contributed by atoms with E-state index in [-0.39, 0.29) is 0 Å². The molecule has 0 amide bonds. The summed E-state index contributed by atoms with van der Waals surface area (Å²) >= 11 is 5.81. The molecule has 0 aliphatic rings. The maximum absolute atomic E-state index is 5.85. The van der Waals surface area contributed by atoms with Gasteiger partial charge in [0.25, 0.3) is 0 Å². The normalized spacial score (nSPS) is 10.6. The molecule has 0 unspecified atom stereocenters. The van der Waals surface area contributed by atoms with E-state index in [2.05, 4.69) is 24.1 Å². The largest absolute Gasteiger partial charge is 0.493 e. The molecule has 0 aliphatic carbocycles. The van der Waals surface area contributed by atoms with Crippen LogP contribution in [0.5, 0.6) is 5.75 Å². The van der Waals surface area contributed by atoms with Crippen LogP contribution in [-0.4, -0.2) is 11.6 Å². The minimum Gasteiger partial charge on any atom is -0.493 e. The monoisotopic (exact) mass is 291 g/mol. The molecule has 0 saturated heterocycles. The molecule has 20 heavy (non-hydrogen) atoms. The van der Waals surface area contributed by atoms with Crippen molar-refractivity contribution in [2.24, 2.45) is 5.92 Å². The van der Waals surface area contributed by atoms with E-state index >= 15 is 0 Å². The lowest BCUT2D eigenvalue weighted by Crippen LogP contribution is -2.04. The summed E-state index contributed by atoms with van der Waals surface area (Å²) in [5, 5.41) is 3.66. The summed E-state index contributed by atoms with van der Waals surface area (Å²) < 4.78 is 5.63. The molecule has 0 radical (unpaired) electrons. The Balaban J connectivity index is 2.03. The lowest BCUT2D eigenvalue weighted by Gasteiger charge is -2.11. The highest BCUT2D eigenvalue weighted by Gasteiger charge is 2.03. The van der Waals surface area contributed by atoms with Gasteiger partial charge in [0.2, 0.25) is 0 Å². The van der Waals surface area contributed by atoms with Crippen LogP contribution < -0.4 is 15.8 Å². The zero-order chi connectivity index (χ0) is 14.5. The number of pyridine rings is 1. The van der Waals surface area contributed by atoms with E-state index in [1.165, 1.54) is 0 Å². The lowest BCUT2D eigenvalue weighted by molar-refractivity contribution is 0.271. The van der Waals surface area contributed by atoms with Crippen LogP contribution in [0.25, 0.3) is 0 Å². The molecule has 2 aromatic rings. The average Bonchev–Trinajstić information content (AvgIpc) is 2.41. The van der Waals surface area contributed by atoms with Crippen molar-refractivity contribution in [3.63, 3.8) is 0 Å². The Bertz CT molecular complexity index is 570. The number of ether oxygens (including phenoxy) is 1. The van der Waals surface area contributed by atoms with Gasteiger partial charge in [-0.15, -0.1) is 0 Å². The van der Waals surface area contributed by atoms with E-state index in [9.17, 15) is 0 Å². The number of anilines is 3. The standard InChI is InChI=1S/C15H18ClN3O/c1-10(2)9-20-13-5-3-12(4-6-13)19-15-14(17)7-11(16)8-18-15/h3-8,10H,9,17H2,1-2H3,(H,18,19). The minimum absolute atomic E-state index is 0.505. The number of hydrogen-bond donors (Lipinski definition) is 2. The van der Waals surface area contributed by atoms with E-state index < -0.39 is 0 Å². The molecule has 1 heterocycles. The van der Waals surface area contributed by atoms with Crippen LogP contribution in [0.4, 0.5) is 17.2 Å². The Morgan fingerprint density at radius 1 is 1.30 bits per heavy atom. The lowest BCUT2D eigenvalue weighted by atomic mass is 10.2. The van der Waals surface area contributed by atoms with Gasteiger partial charge in [0.05, 0.1) is 17.3 Å². The molecule has 106 valence electrons. The van der Waals surface area contributed by atoms with Crippen molar-refractivity contribution in [3.05, 3.63) is 41.6 Å². The van der Waals surface area contributed by atoms with E-state index in [1.807, 2.05) is 24.3 Å². The average molecular weight is 292 g/mol. The number of halogens is 1. The molecular formula is C15H18ClN3O. The molecule has 1 aromatic heterocycles. The van der Waals surface area contributed by atoms with Crippen LogP contribution in [0.15, 0.2) is 36.5 Å². The smallest absolute Gasteiger partial charge is 0.153 e. The van der Waals surface area contributed by atoms with Gasteiger partial charge in [0.15, 0.2) is 5.82 Å². The zero-order valence-electron chi connectivity index (χ0n) is 11.6. The van der Waals surface area contributed by atoms with Crippen LogP contribution in [0.3, 0.4) is 0 Å². The van der Waals surface area contributed by atoms with E-state index in [0.29, 0.717) is 29.1 Å². The highest BCUT2D eigenvalue weighted by atomic mass is 35.5. The maximum Gasteiger partial charge on any atom is 0.153 e. The summed E-state index contributed by atoms with van der Waals surface area (Å²) in [4.78, 5) is 4.16. The van der Waals surface area contributed by atoms with Crippen LogP contribution in [-0.2, 0) is 0 Å². The summed E-state index contributed by atoms with van der Waals surface area (Å²) in [6, 6.07) is 9.33. The molecule has 4 nitrogen and oxygen atoms in total. The third kappa shape index (κ3) is 4.03. The molecule has 0 aliphatic heterocycles. The number of nitrogens with zero attached hydrogens (tertiary/aromatic N) is 1. The third-order valence-electron chi connectivity index (χ3n) is 2.58. The second kappa shape index (κ2) is 6.48. The quantitative estimate of drug-likeness (QED) is 0.871. The fourth-order valence-electron chi connectivity index (χ4n) is 1.59. The summed E-state index contributed by atoms with van der Waals surface area (Å²) in [6.45, 7) is 4.94. The van der Waals surface area contributed by atoms with Gasteiger partial charge in [-0.3, -0.25) is 0 Å². The first-order valence-electron chi connectivity index (χ1n) is 6.45. The summed E-state index contributed by atoms with van der Waals surface area (Å²) in [6.07, 6.45) is 1.56. The molecule has 5 heteroatoms. The van der Waals surface area contributed by atoms with E-state index in [4.69, 9.17) is 22.1 Å². The maximum atomic E-state index is 5.85. The molecule has 0 spiro atoms. The Kier molecular flexibility index (Phi) is 4.69. The van der Waals surface area contributed by atoms with Gasteiger partial charge in [-0.1, -0.05) is 25.4 Å². The highest BCUT2D eigenvalue weighted by Crippen LogP contribution is 2.24. The van der Waals surface area contributed by atoms with E-state index in [0.717, 1.165) is 11.4 Å². The van der Waals surface area contributed by atoms with Crippen molar-refractivity contribution >= 4 is 28.8 Å². The molecule has 0 saturated carbocycles. The summed E-state index contributed by atoms with van der Waals surface area (Å²) in [5.41, 5.74) is 7.25. The molecule has 2 rings (SSSR count). The number of nitrogens with one attached hydrogen (secondary N) is 1. The van der Waals surface area contributed by atoms with Crippen molar-refractivity contribution in [1.29, 1.82) is 0 Å². The number of benzene rings is 1.